The van der Waals surface area contributed by atoms with Crippen LogP contribution in [-0.2, 0) is 0 Å². The topological polar surface area (TPSA) is 41.5 Å². The smallest absolute Gasteiger partial charge is 0.143 e. The second-order valence-corrected chi connectivity index (χ2v) is 4.55. The van der Waals surface area contributed by atoms with E-state index in [9.17, 15) is 0 Å². The van der Waals surface area contributed by atoms with Crippen molar-refractivity contribution in [2.24, 2.45) is 5.92 Å². The predicted octanol–water partition coefficient (Wildman–Crippen LogP) is 3.09. The maximum atomic E-state index is 9.14. The number of hydrogen-bond acceptors (Lipinski definition) is 3. The number of aliphatic hydroxyl groups excluding tert-OH is 1. The molecule has 1 aromatic rings. The van der Waals surface area contributed by atoms with E-state index in [0.29, 0.717) is 5.02 Å². The van der Waals surface area contributed by atoms with E-state index in [4.69, 9.17) is 21.4 Å². The minimum atomic E-state index is 0.193. The van der Waals surface area contributed by atoms with Gasteiger partial charge in [-0.3, -0.25) is 0 Å². The van der Waals surface area contributed by atoms with Crippen molar-refractivity contribution >= 4 is 17.3 Å². The van der Waals surface area contributed by atoms with Gasteiger partial charge in [-0.1, -0.05) is 18.5 Å². The number of methoxy groups -OCH3 is 1. The predicted molar refractivity (Wildman–Crippen MR) is 72.1 cm³/mol. The van der Waals surface area contributed by atoms with Gasteiger partial charge >= 0.3 is 0 Å². The highest BCUT2D eigenvalue weighted by molar-refractivity contribution is 6.31. The monoisotopic (exact) mass is 257 g/mol. The summed E-state index contributed by atoms with van der Waals surface area (Å²) in [6.07, 6.45) is 0.943. The molecule has 0 saturated carbocycles. The standard InChI is InChI=1S/C13H20ClNO2/c1-4-10(8-16)7-15-12-5-9(2)11(14)6-13(12)17-3/h5-6,10,15-16H,4,7-8H2,1-3H3. The molecule has 0 fully saturated rings. The molecule has 1 aromatic carbocycles. The Bertz CT molecular complexity index is 365. The molecule has 1 unspecified atom stereocenters. The molecule has 0 aliphatic carbocycles. The van der Waals surface area contributed by atoms with Gasteiger partial charge in [-0.25, -0.2) is 0 Å². The molecule has 0 saturated heterocycles. The molecule has 4 heteroatoms. The molecule has 0 spiro atoms. The van der Waals surface area contributed by atoms with Gasteiger partial charge in [-0.05, 0) is 30.9 Å². The lowest BCUT2D eigenvalue weighted by atomic mass is 10.1. The molecule has 1 rings (SSSR count). The van der Waals surface area contributed by atoms with E-state index in [1.165, 1.54) is 0 Å². The van der Waals surface area contributed by atoms with E-state index < -0.39 is 0 Å². The third kappa shape index (κ3) is 3.79. The Kier molecular flexibility index (Phi) is 5.59. The summed E-state index contributed by atoms with van der Waals surface area (Å²) in [4.78, 5) is 0. The number of aryl methyl sites for hydroxylation is 1. The molecule has 0 aromatic heterocycles. The number of nitrogens with one attached hydrogen (secondary N) is 1. The quantitative estimate of drug-likeness (QED) is 0.823. The highest BCUT2D eigenvalue weighted by Gasteiger charge is 2.09. The normalized spacial score (nSPS) is 12.3. The van der Waals surface area contributed by atoms with E-state index >= 15 is 0 Å². The lowest BCUT2D eigenvalue weighted by Gasteiger charge is -2.16. The van der Waals surface area contributed by atoms with Gasteiger partial charge < -0.3 is 15.2 Å². The second kappa shape index (κ2) is 6.72. The van der Waals surface area contributed by atoms with Crippen LogP contribution < -0.4 is 10.1 Å². The first-order valence-corrected chi connectivity index (χ1v) is 6.19. The van der Waals surface area contributed by atoms with Crippen molar-refractivity contribution in [2.75, 3.05) is 25.6 Å². The van der Waals surface area contributed by atoms with Crippen LogP contribution in [0.3, 0.4) is 0 Å². The van der Waals surface area contributed by atoms with Gasteiger partial charge in [0.25, 0.3) is 0 Å². The molecule has 0 bridgehead atoms. The Labute approximate surface area is 108 Å². The minimum absolute atomic E-state index is 0.193. The van der Waals surface area contributed by atoms with Crippen molar-refractivity contribution in [1.82, 2.24) is 0 Å². The number of halogens is 1. The molecule has 0 aliphatic heterocycles. The first-order valence-electron chi connectivity index (χ1n) is 5.81. The third-order valence-corrected chi connectivity index (χ3v) is 3.30. The number of rotatable bonds is 6. The maximum absolute atomic E-state index is 9.14. The van der Waals surface area contributed by atoms with Gasteiger partial charge in [0.1, 0.15) is 5.75 Å². The number of aliphatic hydroxyl groups is 1. The fraction of sp³-hybridized carbons (Fsp3) is 0.538. The molecule has 0 radical (unpaired) electrons. The zero-order chi connectivity index (χ0) is 12.8. The van der Waals surface area contributed by atoms with Gasteiger partial charge in [0.2, 0.25) is 0 Å². The maximum Gasteiger partial charge on any atom is 0.143 e. The van der Waals surface area contributed by atoms with Crippen LogP contribution >= 0.6 is 11.6 Å². The first-order chi connectivity index (χ1) is 8.12. The fourth-order valence-electron chi connectivity index (χ4n) is 1.56. The van der Waals surface area contributed by atoms with Crippen LogP contribution in [-0.4, -0.2) is 25.4 Å². The zero-order valence-corrected chi connectivity index (χ0v) is 11.3. The van der Waals surface area contributed by atoms with Crippen LogP contribution in [0, 0.1) is 12.8 Å². The van der Waals surface area contributed by atoms with Crippen LogP contribution in [0.5, 0.6) is 5.75 Å². The summed E-state index contributed by atoms with van der Waals surface area (Å²) in [7, 11) is 1.62. The van der Waals surface area contributed by atoms with Gasteiger partial charge in [0.15, 0.2) is 0 Å². The molecule has 3 nitrogen and oxygen atoms in total. The van der Waals surface area contributed by atoms with Gasteiger partial charge in [0, 0.05) is 24.2 Å². The van der Waals surface area contributed by atoms with E-state index in [-0.39, 0.29) is 12.5 Å². The largest absolute Gasteiger partial charge is 0.495 e. The minimum Gasteiger partial charge on any atom is -0.495 e. The van der Waals surface area contributed by atoms with Crippen LogP contribution in [0.25, 0.3) is 0 Å². The fourth-order valence-corrected chi connectivity index (χ4v) is 1.72. The Hall–Kier alpha value is -0.930. The molecule has 17 heavy (non-hydrogen) atoms. The van der Waals surface area contributed by atoms with Gasteiger partial charge in [-0.2, -0.15) is 0 Å². The summed E-state index contributed by atoms with van der Waals surface area (Å²) in [5, 5.41) is 13.1. The molecular formula is C13H20ClNO2. The van der Waals surface area contributed by atoms with Crippen molar-refractivity contribution in [3.8, 4) is 5.75 Å². The Balaban J connectivity index is 2.79. The molecular weight excluding hydrogens is 238 g/mol. The molecule has 0 amide bonds. The van der Waals surface area contributed by atoms with E-state index in [1.54, 1.807) is 13.2 Å². The van der Waals surface area contributed by atoms with Crippen LogP contribution in [0.15, 0.2) is 12.1 Å². The first kappa shape index (κ1) is 14.1. The Morgan fingerprint density at radius 2 is 2.18 bits per heavy atom. The molecule has 96 valence electrons. The zero-order valence-electron chi connectivity index (χ0n) is 10.6. The molecule has 2 N–H and O–H groups in total. The number of ether oxygens (including phenoxy) is 1. The highest BCUT2D eigenvalue weighted by atomic mass is 35.5. The number of benzene rings is 1. The van der Waals surface area contributed by atoms with E-state index in [1.807, 2.05) is 13.0 Å². The second-order valence-electron chi connectivity index (χ2n) is 4.14. The van der Waals surface area contributed by atoms with E-state index in [2.05, 4.69) is 12.2 Å². The lowest BCUT2D eigenvalue weighted by Crippen LogP contribution is -2.17. The van der Waals surface area contributed by atoms with Crippen LogP contribution in [0.4, 0.5) is 5.69 Å². The molecule has 1 atom stereocenters. The average Bonchev–Trinajstić information content (AvgIpc) is 2.34. The van der Waals surface area contributed by atoms with Crippen molar-refractivity contribution in [2.45, 2.75) is 20.3 Å². The number of hydrogen-bond donors (Lipinski definition) is 2. The highest BCUT2D eigenvalue weighted by Crippen LogP contribution is 2.31. The summed E-state index contributed by atoms with van der Waals surface area (Å²) in [5.74, 6) is 0.990. The summed E-state index contributed by atoms with van der Waals surface area (Å²) in [5.41, 5.74) is 1.92. The molecule has 0 heterocycles. The van der Waals surface area contributed by atoms with Crippen molar-refractivity contribution in [3.63, 3.8) is 0 Å². The third-order valence-electron chi connectivity index (χ3n) is 2.90. The van der Waals surface area contributed by atoms with Gasteiger partial charge in [-0.15, -0.1) is 0 Å². The summed E-state index contributed by atoms with van der Waals surface area (Å²) in [6.45, 7) is 4.94. The van der Waals surface area contributed by atoms with Crippen molar-refractivity contribution in [3.05, 3.63) is 22.7 Å². The van der Waals surface area contributed by atoms with Crippen molar-refractivity contribution in [1.29, 1.82) is 0 Å². The Morgan fingerprint density at radius 1 is 1.47 bits per heavy atom. The molecule has 0 aliphatic rings. The average molecular weight is 258 g/mol. The Morgan fingerprint density at radius 3 is 2.71 bits per heavy atom. The summed E-state index contributed by atoms with van der Waals surface area (Å²) >= 11 is 6.03. The van der Waals surface area contributed by atoms with E-state index in [0.717, 1.165) is 30.0 Å². The van der Waals surface area contributed by atoms with Crippen LogP contribution in [0.1, 0.15) is 18.9 Å². The summed E-state index contributed by atoms with van der Waals surface area (Å²) in [6, 6.07) is 3.77. The lowest BCUT2D eigenvalue weighted by molar-refractivity contribution is 0.230. The van der Waals surface area contributed by atoms with Crippen molar-refractivity contribution < 1.29 is 9.84 Å². The van der Waals surface area contributed by atoms with Gasteiger partial charge in [0.05, 0.1) is 12.8 Å². The number of anilines is 1. The SMILES string of the molecule is CCC(CO)CNc1cc(C)c(Cl)cc1OC. The summed E-state index contributed by atoms with van der Waals surface area (Å²) < 4.78 is 5.27. The van der Waals surface area contributed by atoms with Crippen LogP contribution in [0.2, 0.25) is 5.02 Å².